The van der Waals surface area contributed by atoms with E-state index in [9.17, 15) is 9.90 Å². The van der Waals surface area contributed by atoms with Gasteiger partial charge in [-0.25, -0.2) is 14.8 Å². The van der Waals surface area contributed by atoms with Crippen molar-refractivity contribution in [3.8, 4) is 11.4 Å². The second kappa shape index (κ2) is 7.42. The van der Waals surface area contributed by atoms with Gasteiger partial charge in [0.05, 0.1) is 5.69 Å². The molecule has 0 radical (unpaired) electrons. The van der Waals surface area contributed by atoms with E-state index in [1.165, 1.54) is 0 Å². The third-order valence-corrected chi connectivity index (χ3v) is 3.29. The summed E-state index contributed by atoms with van der Waals surface area (Å²) < 4.78 is 0. The first-order valence-electron chi connectivity index (χ1n) is 6.53. The molecule has 2 rings (SSSR count). The Morgan fingerprint density at radius 1 is 1.23 bits per heavy atom. The number of rotatable bonds is 4. The zero-order valence-corrected chi connectivity index (χ0v) is 14.0. The second-order valence-electron chi connectivity index (χ2n) is 4.87. The molecular weight excluding hydrogens is 325 g/mol. The Morgan fingerprint density at radius 2 is 1.82 bits per heavy atom. The van der Waals surface area contributed by atoms with E-state index in [0.29, 0.717) is 22.4 Å². The molecule has 1 heterocycles. The van der Waals surface area contributed by atoms with Crippen molar-refractivity contribution < 1.29 is 9.90 Å². The van der Waals surface area contributed by atoms with E-state index in [0.717, 1.165) is 5.56 Å². The molecule has 0 saturated heterocycles. The minimum atomic E-state index is -1.04. The number of nitrogens with zero attached hydrogens (tertiary/aromatic N) is 2. The molecule has 0 aliphatic rings. The SMILES string of the molecule is CNc1nc(-c2ccc(Cl)cc2)nc(C(C)C)c1C(=O)O.Cl. The number of nitrogens with one attached hydrogen (secondary N) is 1. The van der Waals surface area contributed by atoms with E-state index in [4.69, 9.17) is 11.6 Å². The molecule has 7 heteroatoms. The molecule has 0 bridgehead atoms. The van der Waals surface area contributed by atoms with E-state index >= 15 is 0 Å². The van der Waals surface area contributed by atoms with E-state index in [-0.39, 0.29) is 23.9 Å². The molecule has 5 nitrogen and oxygen atoms in total. The van der Waals surface area contributed by atoms with E-state index in [1.54, 1.807) is 19.2 Å². The average Bonchev–Trinajstić information content (AvgIpc) is 2.46. The van der Waals surface area contributed by atoms with Crippen molar-refractivity contribution in [3.05, 3.63) is 40.5 Å². The molecule has 2 N–H and O–H groups in total. The maximum absolute atomic E-state index is 11.5. The molecule has 0 spiro atoms. The summed E-state index contributed by atoms with van der Waals surface area (Å²) in [6.07, 6.45) is 0. The van der Waals surface area contributed by atoms with Gasteiger partial charge in [-0.3, -0.25) is 0 Å². The topological polar surface area (TPSA) is 75.1 Å². The molecule has 0 amide bonds. The van der Waals surface area contributed by atoms with Crippen LogP contribution in [-0.4, -0.2) is 28.1 Å². The third-order valence-electron chi connectivity index (χ3n) is 3.04. The second-order valence-corrected chi connectivity index (χ2v) is 5.31. The number of aromatic carboxylic acids is 1. The molecule has 22 heavy (non-hydrogen) atoms. The smallest absolute Gasteiger partial charge is 0.341 e. The fraction of sp³-hybridized carbons (Fsp3) is 0.267. The summed E-state index contributed by atoms with van der Waals surface area (Å²) in [4.78, 5) is 20.2. The van der Waals surface area contributed by atoms with Crippen LogP contribution in [0.4, 0.5) is 5.82 Å². The highest BCUT2D eigenvalue weighted by atomic mass is 35.5. The van der Waals surface area contributed by atoms with Crippen molar-refractivity contribution in [3.63, 3.8) is 0 Å². The van der Waals surface area contributed by atoms with Crippen LogP contribution in [0.5, 0.6) is 0 Å². The van der Waals surface area contributed by atoms with Gasteiger partial charge in [0.15, 0.2) is 5.82 Å². The highest BCUT2D eigenvalue weighted by Crippen LogP contribution is 2.27. The summed E-state index contributed by atoms with van der Waals surface area (Å²) in [5.74, 6) is -0.279. The lowest BCUT2D eigenvalue weighted by Crippen LogP contribution is -2.13. The maximum Gasteiger partial charge on any atom is 0.341 e. The third kappa shape index (κ3) is 3.67. The number of carbonyl (C=O) groups is 1. The minimum absolute atomic E-state index is 0. The monoisotopic (exact) mass is 341 g/mol. The van der Waals surface area contributed by atoms with Crippen LogP contribution in [0.1, 0.15) is 35.8 Å². The quantitative estimate of drug-likeness (QED) is 0.876. The van der Waals surface area contributed by atoms with Crippen molar-refractivity contribution in [2.24, 2.45) is 0 Å². The Morgan fingerprint density at radius 3 is 2.27 bits per heavy atom. The number of anilines is 1. The Hall–Kier alpha value is -1.85. The average molecular weight is 342 g/mol. The standard InChI is InChI=1S/C15H16ClN3O2.ClH/c1-8(2)12-11(15(20)21)14(17-3)19-13(18-12)9-4-6-10(16)7-5-9;/h4-8H,1-3H3,(H,20,21)(H,17,18,19);1H. The van der Waals surface area contributed by atoms with Gasteiger partial charge in [-0.2, -0.15) is 0 Å². The molecule has 0 fully saturated rings. The lowest BCUT2D eigenvalue weighted by atomic mass is 10.0. The van der Waals surface area contributed by atoms with Gasteiger partial charge >= 0.3 is 5.97 Å². The van der Waals surface area contributed by atoms with Gasteiger partial charge in [0.1, 0.15) is 11.4 Å². The fourth-order valence-electron chi connectivity index (χ4n) is 2.02. The molecule has 1 aromatic heterocycles. The number of hydrogen-bond acceptors (Lipinski definition) is 4. The van der Waals surface area contributed by atoms with Gasteiger partial charge in [-0.1, -0.05) is 25.4 Å². The summed E-state index contributed by atoms with van der Waals surface area (Å²) in [7, 11) is 1.64. The molecular formula is C15H17Cl2N3O2. The minimum Gasteiger partial charge on any atom is -0.477 e. The zero-order chi connectivity index (χ0) is 15.6. The normalized spacial score (nSPS) is 10.2. The Kier molecular flexibility index (Phi) is 6.14. The summed E-state index contributed by atoms with van der Waals surface area (Å²) >= 11 is 5.88. The zero-order valence-electron chi connectivity index (χ0n) is 12.4. The lowest BCUT2D eigenvalue weighted by molar-refractivity contribution is 0.0695. The molecule has 118 valence electrons. The molecule has 0 unspecified atom stereocenters. The van der Waals surface area contributed by atoms with Gasteiger partial charge in [0.2, 0.25) is 0 Å². The molecule has 0 aliphatic heterocycles. The van der Waals surface area contributed by atoms with Crippen LogP contribution in [0, 0.1) is 0 Å². The summed E-state index contributed by atoms with van der Waals surface area (Å²) in [5, 5.41) is 12.8. The van der Waals surface area contributed by atoms with Crippen LogP contribution in [0.25, 0.3) is 11.4 Å². The number of aromatic nitrogens is 2. The number of benzene rings is 1. The van der Waals surface area contributed by atoms with Gasteiger partial charge in [-0.05, 0) is 30.2 Å². The van der Waals surface area contributed by atoms with Crippen LogP contribution >= 0.6 is 24.0 Å². The first kappa shape index (κ1) is 18.2. The van der Waals surface area contributed by atoms with Gasteiger partial charge < -0.3 is 10.4 Å². The lowest BCUT2D eigenvalue weighted by Gasteiger charge is -2.14. The van der Waals surface area contributed by atoms with Crippen LogP contribution in [0.15, 0.2) is 24.3 Å². The maximum atomic E-state index is 11.5. The van der Waals surface area contributed by atoms with Crippen molar-refractivity contribution in [1.82, 2.24) is 9.97 Å². The van der Waals surface area contributed by atoms with Gasteiger partial charge in [-0.15, -0.1) is 12.4 Å². The molecule has 0 saturated carbocycles. The van der Waals surface area contributed by atoms with Crippen molar-refractivity contribution in [1.29, 1.82) is 0 Å². The van der Waals surface area contributed by atoms with E-state index in [2.05, 4.69) is 15.3 Å². The van der Waals surface area contributed by atoms with Gasteiger partial charge in [0.25, 0.3) is 0 Å². The number of carboxylic acids is 1. The molecule has 0 aliphatic carbocycles. The number of halogens is 2. The number of hydrogen-bond donors (Lipinski definition) is 2. The van der Waals surface area contributed by atoms with E-state index < -0.39 is 5.97 Å². The molecule has 1 aromatic carbocycles. The highest BCUT2D eigenvalue weighted by molar-refractivity contribution is 6.30. The Balaban J connectivity index is 0.00000242. The largest absolute Gasteiger partial charge is 0.477 e. The van der Waals surface area contributed by atoms with Crippen LogP contribution in [0.2, 0.25) is 5.02 Å². The first-order chi connectivity index (χ1) is 9.93. The molecule has 2 aromatic rings. The summed E-state index contributed by atoms with van der Waals surface area (Å²) in [5.41, 5.74) is 1.41. The van der Waals surface area contributed by atoms with Gasteiger partial charge in [0, 0.05) is 17.6 Å². The van der Waals surface area contributed by atoms with Crippen LogP contribution in [-0.2, 0) is 0 Å². The predicted molar refractivity (Wildman–Crippen MR) is 90.3 cm³/mol. The number of carboxylic acid groups (broad SMARTS) is 1. The Bertz CT molecular complexity index is 673. The van der Waals surface area contributed by atoms with Crippen molar-refractivity contribution in [2.45, 2.75) is 19.8 Å². The predicted octanol–water partition coefficient (Wildman–Crippen LogP) is 4.08. The van der Waals surface area contributed by atoms with Crippen LogP contribution < -0.4 is 5.32 Å². The van der Waals surface area contributed by atoms with E-state index in [1.807, 2.05) is 26.0 Å². The van der Waals surface area contributed by atoms with Crippen LogP contribution in [0.3, 0.4) is 0 Å². The fourth-order valence-corrected chi connectivity index (χ4v) is 2.14. The highest BCUT2D eigenvalue weighted by Gasteiger charge is 2.22. The first-order valence-corrected chi connectivity index (χ1v) is 6.90. The summed E-state index contributed by atoms with van der Waals surface area (Å²) in [6.45, 7) is 3.81. The molecule has 0 atom stereocenters. The summed E-state index contributed by atoms with van der Waals surface area (Å²) in [6, 6.07) is 7.11. The van der Waals surface area contributed by atoms with Crippen molar-refractivity contribution >= 4 is 35.8 Å². The Labute approximate surface area is 140 Å². The van der Waals surface area contributed by atoms with Crippen molar-refractivity contribution in [2.75, 3.05) is 12.4 Å².